The number of aromatic nitrogens is 3. The van der Waals surface area contributed by atoms with Gasteiger partial charge in [0.05, 0.1) is 11.9 Å². The molecule has 3 rings (SSSR count). The molecule has 5 nitrogen and oxygen atoms in total. The van der Waals surface area contributed by atoms with E-state index in [9.17, 15) is 0 Å². The standard InChI is InChI=1S/C11H11N3O2/c1-8-15-11(16-8)10-4-6-14(13-10)9-3-2-5-12-7-9/h2-8,11H,1H3. The summed E-state index contributed by atoms with van der Waals surface area (Å²) in [6.07, 6.45) is 4.89. The summed E-state index contributed by atoms with van der Waals surface area (Å²) in [6, 6.07) is 5.69. The van der Waals surface area contributed by atoms with Crippen molar-refractivity contribution in [3.8, 4) is 5.69 Å². The van der Waals surface area contributed by atoms with Gasteiger partial charge in [0.15, 0.2) is 6.29 Å². The number of hydrogen-bond donors (Lipinski definition) is 0. The second kappa shape index (κ2) is 3.70. The third-order valence-electron chi connectivity index (χ3n) is 2.39. The third kappa shape index (κ3) is 1.60. The summed E-state index contributed by atoms with van der Waals surface area (Å²) in [6.45, 7) is 1.86. The zero-order valence-electron chi connectivity index (χ0n) is 8.78. The van der Waals surface area contributed by atoms with E-state index in [1.165, 1.54) is 0 Å². The highest BCUT2D eigenvalue weighted by molar-refractivity contribution is 5.26. The van der Waals surface area contributed by atoms with Gasteiger partial charge < -0.3 is 9.47 Å². The molecule has 1 saturated heterocycles. The van der Waals surface area contributed by atoms with Gasteiger partial charge >= 0.3 is 0 Å². The predicted octanol–water partition coefficient (Wildman–Crippen LogP) is 1.66. The molecule has 0 atom stereocenters. The van der Waals surface area contributed by atoms with Crippen molar-refractivity contribution >= 4 is 0 Å². The quantitative estimate of drug-likeness (QED) is 0.767. The van der Waals surface area contributed by atoms with Gasteiger partial charge in [-0.2, -0.15) is 5.10 Å². The Bertz CT molecular complexity index is 477. The van der Waals surface area contributed by atoms with Crippen LogP contribution in [0, 0.1) is 0 Å². The van der Waals surface area contributed by atoms with Crippen LogP contribution in [0.15, 0.2) is 36.8 Å². The van der Waals surface area contributed by atoms with E-state index in [4.69, 9.17) is 9.47 Å². The van der Waals surface area contributed by atoms with Gasteiger partial charge in [-0.3, -0.25) is 4.98 Å². The van der Waals surface area contributed by atoms with Gasteiger partial charge in [0.1, 0.15) is 5.69 Å². The minimum Gasteiger partial charge on any atom is -0.318 e. The van der Waals surface area contributed by atoms with Crippen molar-refractivity contribution in [2.45, 2.75) is 19.5 Å². The summed E-state index contributed by atoms with van der Waals surface area (Å²) in [5, 5.41) is 4.36. The second-order valence-electron chi connectivity index (χ2n) is 3.57. The Kier molecular flexibility index (Phi) is 2.19. The van der Waals surface area contributed by atoms with Crippen LogP contribution in [0.25, 0.3) is 5.69 Å². The van der Waals surface area contributed by atoms with Crippen molar-refractivity contribution in [2.75, 3.05) is 0 Å². The summed E-state index contributed by atoms with van der Waals surface area (Å²) in [5.41, 5.74) is 1.70. The van der Waals surface area contributed by atoms with Crippen molar-refractivity contribution < 1.29 is 9.47 Å². The first-order valence-electron chi connectivity index (χ1n) is 5.10. The van der Waals surface area contributed by atoms with Gasteiger partial charge in [-0.1, -0.05) is 0 Å². The number of nitrogens with zero attached hydrogens (tertiary/aromatic N) is 3. The molecule has 1 aliphatic heterocycles. The van der Waals surface area contributed by atoms with E-state index < -0.39 is 0 Å². The molecule has 0 radical (unpaired) electrons. The van der Waals surface area contributed by atoms with E-state index in [-0.39, 0.29) is 12.6 Å². The molecule has 0 aliphatic carbocycles. The van der Waals surface area contributed by atoms with Gasteiger partial charge in [-0.15, -0.1) is 0 Å². The molecule has 1 fully saturated rings. The molecule has 1 aliphatic rings. The number of hydrogen-bond acceptors (Lipinski definition) is 4. The lowest BCUT2D eigenvalue weighted by Gasteiger charge is -2.32. The summed E-state index contributed by atoms with van der Waals surface area (Å²) in [7, 11) is 0. The molecular weight excluding hydrogens is 206 g/mol. The highest BCUT2D eigenvalue weighted by Gasteiger charge is 2.30. The number of ether oxygens (including phenoxy) is 2. The van der Waals surface area contributed by atoms with Gasteiger partial charge in [-0.25, -0.2) is 4.68 Å². The van der Waals surface area contributed by atoms with Crippen LogP contribution in [0.3, 0.4) is 0 Å². The monoisotopic (exact) mass is 217 g/mol. The van der Waals surface area contributed by atoms with Crippen LogP contribution in [0.1, 0.15) is 18.9 Å². The van der Waals surface area contributed by atoms with Crippen molar-refractivity contribution in [1.29, 1.82) is 0 Å². The van der Waals surface area contributed by atoms with Crippen LogP contribution in [-0.4, -0.2) is 21.1 Å². The molecule has 16 heavy (non-hydrogen) atoms. The van der Waals surface area contributed by atoms with E-state index in [0.29, 0.717) is 0 Å². The molecule has 5 heteroatoms. The second-order valence-corrected chi connectivity index (χ2v) is 3.57. The zero-order valence-corrected chi connectivity index (χ0v) is 8.78. The normalized spacial score (nSPS) is 24.1. The average molecular weight is 217 g/mol. The highest BCUT2D eigenvalue weighted by atomic mass is 16.9. The minimum atomic E-state index is -0.326. The molecule has 2 aromatic heterocycles. The minimum absolute atomic E-state index is 0.131. The summed E-state index contributed by atoms with van der Waals surface area (Å²) in [5.74, 6) is 0. The summed E-state index contributed by atoms with van der Waals surface area (Å²) >= 11 is 0. The SMILES string of the molecule is CC1OC(c2ccn(-c3cccnc3)n2)O1. The maximum absolute atomic E-state index is 5.36. The lowest BCUT2D eigenvalue weighted by atomic mass is 10.4. The molecule has 0 spiro atoms. The highest BCUT2D eigenvalue weighted by Crippen LogP contribution is 2.30. The van der Waals surface area contributed by atoms with Crippen LogP contribution in [0.2, 0.25) is 0 Å². The first-order chi connectivity index (χ1) is 7.83. The predicted molar refractivity (Wildman–Crippen MR) is 55.7 cm³/mol. The largest absolute Gasteiger partial charge is 0.318 e. The van der Waals surface area contributed by atoms with Crippen LogP contribution in [-0.2, 0) is 9.47 Å². The lowest BCUT2D eigenvalue weighted by Crippen LogP contribution is -2.31. The van der Waals surface area contributed by atoms with E-state index >= 15 is 0 Å². The molecule has 0 bridgehead atoms. The fourth-order valence-electron chi connectivity index (χ4n) is 1.59. The molecular formula is C11H11N3O2. The maximum Gasteiger partial charge on any atom is 0.208 e. The molecule has 3 heterocycles. The first-order valence-corrected chi connectivity index (χ1v) is 5.10. The number of rotatable bonds is 2. The fourth-order valence-corrected chi connectivity index (χ4v) is 1.59. The Morgan fingerprint density at radius 3 is 2.88 bits per heavy atom. The van der Waals surface area contributed by atoms with Crippen LogP contribution >= 0.6 is 0 Å². The Balaban J connectivity index is 1.83. The average Bonchev–Trinajstić information content (AvgIpc) is 2.75. The van der Waals surface area contributed by atoms with E-state index in [1.807, 2.05) is 31.3 Å². The van der Waals surface area contributed by atoms with Crippen molar-refractivity contribution in [2.24, 2.45) is 0 Å². The Labute approximate surface area is 92.6 Å². The molecule has 0 unspecified atom stereocenters. The summed E-state index contributed by atoms with van der Waals surface area (Å²) < 4.78 is 12.5. The molecule has 82 valence electrons. The van der Waals surface area contributed by atoms with Crippen LogP contribution in [0.4, 0.5) is 0 Å². The van der Waals surface area contributed by atoms with Crippen molar-refractivity contribution in [1.82, 2.24) is 14.8 Å². The van der Waals surface area contributed by atoms with Gasteiger partial charge in [0.25, 0.3) is 0 Å². The molecule has 0 N–H and O–H groups in total. The van der Waals surface area contributed by atoms with E-state index in [2.05, 4.69) is 10.1 Å². The number of pyridine rings is 1. The maximum atomic E-state index is 5.36. The third-order valence-corrected chi connectivity index (χ3v) is 2.39. The topological polar surface area (TPSA) is 49.2 Å². The molecule has 2 aromatic rings. The first kappa shape index (κ1) is 9.50. The molecule has 0 aromatic carbocycles. The fraction of sp³-hybridized carbons (Fsp3) is 0.273. The molecule has 0 saturated carbocycles. The Morgan fingerprint density at radius 1 is 1.31 bits per heavy atom. The van der Waals surface area contributed by atoms with Crippen molar-refractivity contribution in [3.63, 3.8) is 0 Å². The van der Waals surface area contributed by atoms with Gasteiger partial charge in [0.2, 0.25) is 6.29 Å². The van der Waals surface area contributed by atoms with Crippen LogP contribution < -0.4 is 0 Å². The van der Waals surface area contributed by atoms with E-state index in [1.54, 1.807) is 17.1 Å². The Hall–Kier alpha value is -1.72. The Morgan fingerprint density at radius 2 is 2.19 bits per heavy atom. The van der Waals surface area contributed by atoms with E-state index in [0.717, 1.165) is 11.4 Å². The van der Waals surface area contributed by atoms with Gasteiger partial charge in [-0.05, 0) is 25.1 Å². The summed E-state index contributed by atoms with van der Waals surface area (Å²) in [4.78, 5) is 4.04. The van der Waals surface area contributed by atoms with Crippen molar-refractivity contribution in [3.05, 3.63) is 42.5 Å². The van der Waals surface area contributed by atoms with Gasteiger partial charge in [0, 0.05) is 12.4 Å². The molecule has 0 amide bonds. The lowest BCUT2D eigenvalue weighted by molar-refractivity contribution is -0.384. The smallest absolute Gasteiger partial charge is 0.208 e. The zero-order chi connectivity index (χ0) is 11.0. The van der Waals surface area contributed by atoms with Crippen LogP contribution in [0.5, 0.6) is 0 Å².